The molecule has 0 saturated carbocycles. The van der Waals surface area contributed by atoms with E-state index in [1.54, 1.807) is 0 Å². The lowest BCUT2D eigenvalue weighted by molar-refractivity contribution is 0.660. The molecule has 320 valence electrons. The van der Waals surface area contributed by atoms with Crippen molar-refractivity contribution >= 4 is 59.5 Å². The third kappa shape index (κ3) is 7.33. The normalized spacial score (nSPS) is 13.8. The zero-order chi connectivity index (χ0) is 46.0. The first-order chi connectivity index (χ1) is 31.7. The number of fused-ring (bicyclic) bond motifs is 6. The average molecular weight is 869 g/mol. The Labute approximate surface area is 391 Å². The number of anilines is 6. The Hall–Kier alpha value is -7.70. The first kappa shape index (κ1) is 42.3. The van der Waals surface area contributed by atoms with Crippen molar-refractivity contribution in [3.05, 3.63) is 220 Å². The zero-order valence-corrected chi connectivity index (χ0v) is 39.7. The molecule has 0 N–H and O–H groups in total. The maximum Gasteiger partial charge on any atom is 0.0991 e. The molecular weight excluding hydrogens is 817 g/mol. The van der Waals surface area contributed by atoms with Crippen LogP contribution in [0.4, 0.5) is 34.1 Å². The summed E-state index contributed by atoms with van der Waals surface area (Å²) in [6, 6.07) is 67.3. The Morgan fingerprint density at radius 3 is 1.11 bits per heavy atom. The van der Waals surface area contributed by atoms with Gasteiger partial charge in [-0.1, -0.05) is 144 Å². The number of nitrogens with zero attached hydrogens (tertiary/aromatic N) is 4. The van der Waals surface area contributed by atoms with Gasteiger partial charge in [0.25, 0.3) is 0 Å². The van der Waals surface area contributed by atoms with E-state index in [0.717, 1.165) is 34.1 Å². The van der Waals surface area contributed by atoms with Crippen molar-refractivity contribution in [2.24, 2.45) is 0 Å². The number of nitriles is 2. The van der Waals surface area contributed by atoms with Crippen LogP contribution in [0.3, 0.4) is 0 Å². The standard InChI is InChI=1S/C61H52N4Si/c1-60(2)56-35-41(19-31-52(56)54-33-27-49(37-58(54)60)64(45-11-9-8-10-12-45)46-21-15-43(39-62)16-22-46)13-14-42-20-32-53-55-34-28-50(38-59(55)61(3,4)57(53)36-42)65(47-23-17-44(40-63)18-24-47)48-25-29-51(30-26-48)66(5,6)7/h8-38H,1-7H3/b14-13+. The number of para-hydroxylation sites is 1. The summed E-state index contributed by atoms with van der Waals surface area (Å²) in [5.74, 6) is 0. The highest BCUT2D eigenvalue weighted by Crippen LogP contribution is 2.53. The first-order valence-electron chi connectivity index (χ1n) is 22.8. The van der Waals surface area contributed by atoms with Gasteiger partial charge in [-0.05, 0) is 153 Å². The van der Waals surface area contributed by atoms with E-state index in [4.69, 9.17) is 0 Å². The van der Waals surface area contributed by atoms with Crippen molar-refractivity contribution in [3.63, 3.8) is 0 Å². The van der Waals surface area contributed by atoms with Gasteiger partial charge in [-0.25, -0.2) is 0 Å². The van der Waals surface area contributed by atoms with Crippen LogP contribution in [-0.4, -0.2) is 8.07 Å². The number of benzene rings is 8. The van der Waals surface area contributed by atoms with Crippen molar-refractivity contribution in [3.8, 4) is 34.4 Å². The molecule has 0 atom stereocenters. The molecule has 2 aliphatic carbocycles. The summed E-state index contributed by atoms with van der Waals surface area (Å²) < 4.78 is 0. The summed E-state index contributed by atoms with van der Waals surface area (Å²) in [6.45, 7) is 16.5. The van der Waals surface area contributed by atoms with Crippen LogP contribution in [0.1, 0.15) is 72.2 Å². The Bertz CT molecular complexity index is 3290. The molecule has 0 aromatic heterocycles. The van der Waals surface area contributed by atoms with E-state index in [9.17, 15) is 10.5 Å². The van der Waals surface area contributed by atoms with Gasteiger partial charge >= 0.3 is 0 Å². The molecule has 0 radical (unpaired) electrons. The Morgan fingerprint density at radius 1 is 0.394 bits per heavy atom. The lowest BCUT2D eigenvalue weighted by atomic mass is 9.81. The van der Waals surface area contributed by atoms with Crippen LogP contribution < -0.4 is 15.0 Å². The molecule has 8 aromatic carbocycles. The summed E-state index contributed by atoms with van der Waals surface area (Å²) in [5.41, 5.74) is 19.9. The van der Waals surface area contributed by atoms with Crippen LogP contribution in [0.5, 0.6) is 0 Å². The topological polar surface area (TPSA) is 54.1 Å². The third-order valence-corrected chi connectivity index (χ3v) is 15.9. The quantitative estimate of drug-likeness (QED) is 0.107. The van der Waals surface area contributed by atoms with E-state index < -0.39 is 8.07 Å². The Kier molecular flexibility index (Phi) is 10.3. The summed E-state index contributed by atoms with van der Waals surface area (Å²) in [6.07, 6.45) is 4.51. The minimum Gasteiger partial charge on any atom is -0.310 e. The van der Waals surface area contributed by atoms with Gasteiger partial charge < -0.3 is 9.80 Å². The smallest absolute Gasteiger partial charge is 0.0991 e. The van der Waals surface area contributed by atoms with Gasteiger partial charge in [0, 0.05) is 45.0 Å². The van der Waals surface area contributed by atoms with E-state index >= 15 is 0 Å². The summed E-state index contributed by atoms with van der Waals surface area (Å²) in [4.78, 5) is 4.58. The van der Waals surface area contributed by atoms with Gasteiger partial charge in [-0.2, -0.15) is 10.5 Å². The number of hydrogen-bond donors (Lipinski definition) is 0. The molecule has 4 nitrogen and oxygen atoms in total. The van der Waals surface area contributed by atoms with Crippen molar-refractivity contribution < 1.29 is 0 Å². The monoisotopic (exact) mass is 868 g/mol. The van der Waals surface area contributed by atoms with Gasteiger partial charge in [0.1, 0.15) is 0 Å². The Morgan fingerprint density at radius 2 is 0.727 bits per heavy atom. The second-order valence-corrected chi connectivity index (χ2v) is 24.9. The van der Waals surface area contributed by atoms with Crippen LogP contribution in [-0.2, 0) is 10.8 Å². The second-order valence-electron chi connectivity index (χ2n) is 19.8. The molecule has 2 aliphatic rings. The van der Waals surface area contributed by atoms with Crippen LogP contribution >= 0.6 is 0 Å². The van der Waals surface area contributed by atoms with E-state index in [-0.39, 0.29) is 10.8 Å². The van der Waals surface area contributed by atoms with Gasteiger partial charge in [0.2, 0.25) is 0 Å². The predicted octanol–water partition coefficient (Wildman–Crippen LogP) is 15.7. The molecule has 8 aromatic rings. The molecule has 0 amide bonds. The molecule has 0 fully saturated rings. The van der Waals surface area contributed by atoms with E-state index in [1.807, 2.05) is 54.6 Å². The molecule has 0 bridgehead atoms. The van der Waals surface area contributed by atoms with E-state index in [0.29, 0.717) is 11.1 Å². The van der Waals surface area contributed by atoms with Crippen molar-refractivity contribution in [2.45, 2.75) is 58.2 Å². The van der Waals surface area contributed by atoms with Crippen LogP contribution in [0, 0.1) is 22.7 Å². The number of rotatable bonds is 9. The lowest BCUT2D eigenvalue weighted by Crippen LogP contribution is -2.37. The SMILES string of the molecule is CC1(C)c2cc(/C=C/c3ccc4c(c3)C(C)(C)c3cc(N(c5ccc(C#N)cc5)c5ccc([Si](C)(C)C)cc5)ccc3-4)ccc2-c2ccc(N(c3ccccc3)c3ccc(C#N)cc3)cc21. The van der Waals surface area contributed by atoms with Crippen LogP contribution in [0.2, 0.25) is 19.6 Å². The van der Waals surface area contributed by atoms with Gasteiger partial charge in [0.15, 0.2) is 0 Å². The van der Waals surface area contributed by atoms with E-state index in [1.165, 1.54) is 60.8 Å². The highest BCUT2D eigenvalue weighted by atomic mass is 28.3. The molecule has 0 saturated heterocycles. The molecular formula is C61H52N4Si. The van der Waals surface area contributed by atoms with Crippen molar-refractivity contribution in [2.75, 3.05) is 9.80 Å². The molecule has 0 aliphatic heterocycles. The summed E-state index contributed by atoms with van der Waals surface area (Å²) in [7, 11) is -1.48. The number of hydrogen-bond acceptors (Lipinski definition) is 4. The maximum absolute atomic E-state index is 9.57. The maximum atomic E-state index is 9.57. The molecule has 0 heterocycles. The van der Waals surface area contributed by atoms with E-state index in [2.05, 4.69) is 203 Å². The molecule has 0 spiro atoms. The molecule has 0 unspecified atom stereocenters. The van der Waals surface area contributed by atoms with Gasteiger partial charge in [-0.3, -0.25) is 0 Å². The van der Waals surface area contributed by atoms with Crippen LogP contribution in [0.15, 0.2) is 176 Å². The molecule has 66 heavy (non-hydrogen) atoms. The second kappa shape index (κ2) is 16.1. The summed E-state index contributed by atoms with van der Waals surface area (Å²) >= 11 is 0. The van der Waals surface area contributed by atoms with Gasteiger partial charge in [-0.15, -0.1) is 0 Å². The predicted molar refractivity (Wildman–Crippen MR) is 279 cm³/mol. The Balaban J connectivity index is 0.937. The van der Waals surface area contributed by atoms with Crippen molar-refractivity contribution in [1.29, 1.82) is 10.5 Å². The fourth-order valence-electron chi connectivity index (χ4n) is 10.1. The summed E-state index contributed by atoms with van der Waals surface area (Å²) in [5, 5.41) is 20.5. The molecule has 10 rings (SSSR count). The highest BCUT2D eigenvalue weighted by molar-refractivity contribution is 6.88. The highest BCUT2D eigenvalue weighted by Gasteiger charge is 2.38. The van der Waals surface area contributed by atoms with Gasteiger partial charge in [0.05, 0.1) is 31.3 Å². The largest absolute Gasteiger partial charge is 0.310 e. The lowest BCUT2D eigenvalue weighted by Gasteiger charge is -2.29. The van der Waals surface area contributed by atoms with Crippen molar-refractivity contribution in [1.82, 2.24) is 0 Å². The third-order valence-electron chi connectivity index (χ3n) is 13.9. The minimum atomic E-state index is -1.48. The fourth-order valence-corrected chi connectivity index (χ4v) is 11.3. The fraction of sp³-hybridized carbons (Fsp3) is 0.148. The average Bonchev–Trinajstić information content (AvgIpc) is 3.69. The first-order valence-corrected chi connectivity index (χ1v) is 26.3. The minimum absolute atomic E-state index is 0.215. The molecule has 5 heteroatoms. The van der Waals surface area contributed by atoms with Crippen LogP contribution in [0.25, 0.3) is 34.4 Å². The zero-order valence-electron chi connectivity index (χ0n) is 38.7.